The fraction of sp³-hybridized carbons (Fsp3) is 0.353. The van der Waals surface area contributed by atoms with Crippen molar-refractivity contribution in [3.63, 3.8) is 0 Å². The third-order valence-corrected chi connectivity index (χ3v) is 4.48. The molecule has 3 aromatic rings. The molecular weight excluding hydrogens is 383 g/mol. The predicted molar refractivity (Wildman–Crippen MR) is 93.2 cm³/mol. The average molecular weight is 398 g/mol. The Morgan fingerprint density at radius 1 is 1.22 bits per heavy atom. The van der Waals surface area contributed by atoms with Gasteiger partial charge in [-0.25, -0.2) is 4.98 Å². The number of ether oxygens (including phenoxy) is 1. The summed E-state index contributed by atoms with van der Waals surface area (Å²) in [7, 11) is 0. The second-order valence-electron chi connectivity index (χ2n) is 6.33. The van der Waals surface area contributed by atoms with Crippen molar-refractivity contribution in [1.29, 1.82) is 0 Å². The van der Waals surface area contributed by atoms with Gasteiger partial charge in [-0.1, -0.05) is 17.7 Å². The Labute approximate surface area is 157 Å². The van der Waals surface area contributed by atoms with Crippen LogP contribution in [0.25, 0.3) is 5.78 Å². The molecule has 6 nitrogen and oxygen atoms in total. The largest absolute Gasteiger partial charge is 0.488 e. The van der Waals surface area contributed by atoms with Gasteiger partial charge in [-0.05, 0) is 25.1 Å². The average Bonchev–Trinajstić information content (AvgIpc) is 3.20. The summed E-state index contributed by atoms with van der Waals surface area (Å²) in [6.45, 7) is 2.83. The molecule has 0 aliphatic carbocycles. The van der Waals surface area contributed by atoms with Crippen molar-refractivity contribution in [3.8, 4) is 5.75 Å². The molecule has 1 aliphatic heterocycles. The number of hydrogen-bond acceptors (Lipinski definition) is 5. The van der Waals surface area contributed by atoms with E-state index in [2.05, 4.69) is 15.1 Å². The maximum atomic E-state index is 13.0. The molecule has 0 bridgehead atoms. The monoisotopic (exact) mass is 397 g/mol. The lowest BCUT2D eigenvalue weighted by atomic mass is 10.3. The molecule has 0 saturated carbocycles. The van der Waals surface area contributed by atoms with E-state index in [0.717, 1.165) is 10.9 Å². The van der Waals surface area contributed by atoms with Gasteiger partial charge in [-0.15, -0.1) is 5.10 Å². The molecule has 27 heavy (non-hydrogen) atoms. The van der Waals surface area contributed by atoms with Gasteiger partial charge in [-0.2, -0.15) is 22.7 Å². The van der Waals surface area contributed by atoms with E-state index in [9.17, 15) is 13.2 Å². The van der Waals surface area contributed by atoms with Crippen molar-refractivity contribution in [2.45, 2.75) is 25.6 Å². The van der Waals surface area contributed by atoms with E-state index in [-0.39, 0.29) is 11.9 Å². The normalized spacial score (nSPS) is 17.7. The molecule has 4 rings (SSSR count). The predicted octanol–water partition coefficient (Wildman–Crippen LogP) is 3.76. The van der Waals surface area contributed by atoms with Crippen molar-refractivity contribution in [3.05, 3.63) is 46.9 Å². The first-order valence-electron chi connectivity index (χ1n) is 8.28. The lowest BCUT2D eigenvalue weighted by Gasteiger charge is -2.20. The molecule has 142 valence electrons. The fourth-order valence-corrected chi connectivity index (χ4v) is 3.26. The molecule has 3 heterocycles. The second-order valence-corrected chi connectivity index (χ2v) is 6.77. The van der Waals surface area contributed by atoms with Crippen molar-refractivity contribution in [1.82, 2.24) is 19.6 Å². The van der Waals surface area contributed by atoms with E-state index in [1.165, 1.54) is 0 Å². The topological polar surface area (TPSA) is 55.6 Å². The van der Waals surface area contributed by atoms with Crippen LogP contribution in [0.5, 0.6) is 5.75 Å². The highest BCUT2D eigenvalue weighted by Gasteiger charge is 2.37. The molecule has 0 spiro atoms. The van der Waals surface area contributed by atoms with E-state index >= 15 is 0 Å². The highest BCUT2D eigenvalue weighted by atomic mass is 35.5. The van der Waals surface area contributed by atoms with Crippen LogP contribution in [0.15, 0.2) is 30.3 Å². The first kappa shape index (κ1) is 17.8. The number of alkyl halides is 3. The minimum absolute atomic E-state index is 0.0727. The lowest BCUT2D eigenvalue weighted by Crippen LogP contribution is -2.26. The maximum Gasteiger partial charge on any atom is 0.453 e. The first-order valence-corrected chi connectivity index (χ1v) is 8.66. The molecular formula is C17H15ClF3N5O. The van der Waals surface area contributed by atoms with Gasteiger partial charge in [0, 0.05) is 29.7 Å². The fourth-order valence-electron chi connectivity index (χ4n) is 3.08. The molecule has 1 aromatic carbocycles. The second kappa shape index (κ2) is 6.56. The summed E-state index contributed by atoms with van der Waals surface area (Å²) >= 11 is 5.97. The maximum absolute atomic E-state index is 13.0. The number of benzene rings is 1. The molecule has 1 atom stereocenters. The summed E-state index contributed by atoms with van der Waals surface area (Å²) in [6, 6.07) is 8.80. The molecule has 1 fully saturated rings. The van der Waals surface area contributed by atoms with Crippen LogP contribution in [0.1, 0.15) is 17.9 Å². The number of nitrogens with zero attached hydrogens (tertiary/aromatic N) is 5. The van der Waals surface area contributed by atoms with Gasteiger partial charge in [0.1, 0.15) is 17.7 Å². The van der Waals surface area contributed by atoms with Crippen LogP contribution >= 0.6 is 11.6 Å². The molecule has 1 unspecified atom stereocenters. The van der Waals surface area contributed by atoms with Gasteiger partial charge in [0.25, 0.3) is 11.6 Å². The Balaban J connectivity index is 1.60. The summed E-state index contributed by atoms with van der Waals surface area (Å²) < 4.78 is 46.0. The van der Waals surface area contributed by atoms with Crippen molar-refractivity contribution >= 4 is 23.2 Å². The summed E-state index contributed by atoms with van der Waals surface area (Å²) in [6.07, 6.45) is -4.02. The number of halogens is 4. The highest BCUT2D eigenvalue weighted by molar-refractivity contribution is 6.30. The quantitative estimate of drug-likeness (QED) is 0.673. The Morgan fingerprint density at radius 3 is 2.78 bits per heavy atom. The highest BCUT2D eigenvalue weighted by Crippen LogP contribution is 2.29. The van der Waals surface area contributed by atoms with Crippen LogP contribution in [0, 0.1) is 6.92 Å². The molecule has 0 radical (unpaired) electrons. The van der Waals surface area contributed by atoms with Gasteiger partial charge in [0.05, 0.1) is 6.54 Å². The van der Waals surface area contributed by atoms with Crippen LogP contribution in [0.3, 0.4) is 0 Å². The van der Waals surface area contributed by atoms with Gasteiger partial charge in [0.2, 0.25) is 0 Å². The minimum Gasteiger partial charge on any atom is -0.488 e. The molecule has 10 heteroatoms. The van der Waals surface area contributed by atoms with Gasteiger partial charge in [-0.3, -0.25) is 0 Å². The van der Waals surface area contributed by atoms with Gasteiger partial charge < -0.3 is 9.64 Å². The van der Waals surface area contributed by atoms with Gasteiger partial charge >= 0.3 is 6.18 Å². The lowest BCUT2D eigenvalue weighted by molar-refractivity contribution is -0.144. The minimum atomic E-state index is -4.62. The van der Waals surface area contributed by atoms with Crippen molar-refractivity contribution in [2.75, 3.05) is 18.0 Å². The zero-order valence-corrected chi connectivity index (χ0v) is 15.0. The third kappa shape index (κ3) is 3.64. The van der Waals surface area contributed by atoms with Crippen molar-refractivity contribution in [2.24, 2.45) is 0 Å². The van der Waals surface area contributed by atoms with E-state index in [1.54, 1.807) is 31.2 Å². The van der Waals surface area contributed by atoms with E-state index < -0.39 is 12.0 Å². The van der Waals surface area contributed by atoms with Crippen LogP contribution in [0.4, 0.5) is 19.0 Å². The smallest absolute Gasteiger partial charge is 0.453 e. The SMILES string of the molecule is Cc1cc(N2CCC(Oc3cccc(Cl)c3)C2)n2nc(C(F)(F)F)nc2n1. The zero-order valence-electron chi connectivity index (χ0n) is 14.2. The van der Waals surface area contributed by atoms with Crippen LogP contribution < -0.4 is 9.64 Å². The standard InChI is InChI=1S/C17H15ClF3N5O/c1-10-7-14(26-16(22-10)23-15(24-26)17(19,20)21)25-6-5-13(9-25)27-12-4-2-3-11(18)8-12/h2-4,7-8,13H,5-6,9H2,1H3. The van der Waals surface area contributed by atoms with Gasteiger partial charge in [0.15, 0.2) is 0 Å². The van der Waals surface area contributed by atoms with Crippen LogP contribution in [0.2, 0.25) is 5.02 Å². The zero-order chi connectivity index (χ0) is 19.2. The number of rotatable bonds is 3. The summed E-state index contributed by atoms with van der Waals surface area (Å²) in [5.74, 6) is -0.104. The number of anilines is 1. The Kier molecular flexibility index (Phi) is 4.33. The van der Waals surface area contributed by atoms with Crippen LogP contribution in [-0.2, 0) is 6.18 Å². The number of fused-ring (bicyclic) bond motifs is 1. The van der Waals surface area contributed by atoms with Crippen molar-refractivity contribution < 1.29 is 17.9 Å². The number of aromatic nitrogens is 4. The molecule has 1 saturated heterocycles. The van der Waals surface area contributed by atoms with Crippen LogP contribution in [-0.4, -0.2) is 38.8 Å². The third-order valence-electron chi connectivity index (χ3n) is 4.24. The molecule has 2 aromatic heterocycles. The number of hydrogen-bond donors (Lipinski definition) is 0. The molecule has 1 aliphatic rings. The summed E-state index contributed by atoms with van der Waals surface area (Å²) in [5.41, 5.74) is 0.567. The first-order chi connectivity index (χ1) is 12.8. The van der Waals surface area contributed by atoms with E-state index in [0.29, 0.717) is 35.4 Å². The van der Waals surface area contributed by atoms with E-state index in [4.69, 9.17) is 16.3 Å². The van der Waals surface area contributed by atoms with E-state index in [1.807, 2.05) is 11.0 Å². The Hall–Kier alpha value is -2.55. The Morgan fingerprint density at radius 2 is 2.04 bits per heavy atom. The molecule has 0 N–H and O–H groups in total. The summed E-state index contributed by atoms with van der Waals surface area (Å²) in [4.78, 5) is 9.49. The Bertz CT molecular complexity index is 990. The number of aryl methyl sites for hydroxylation is 1. The molecule has 0 amide bonds. The summed E-state index contributed by atoms with van der Waals surface area (Å²) in [5, 5.41) is 4.19.